The van der Waals surface area contributed by atoms with Crippen molar-refractivity contribution in [2.45, 2.75) is 20.8 Å². The van der Waals surface area contributed by atoms with E-state index >= 15 is 0 Å². The maximum absolute atomic E-state index is 11.0. The molecule has 2 aromatic heterocycles. The van der Waals surface area contributed by atoms with E-state index in [9.17, 15) is 4.79 Å². The van der Waals surface area contributed by atoms with Crippen molar-refractivity contribution in [3.05, 3.63) is 30.2 Å². The fraction of sp³-hybridized carbons (Fsp3) is 0.300. The molecule has 4 heteroatoms. The van der Waals surface area contributed by atoms with Crippen molar-refractivity contribution < 1.29 is 4.79 Å². The van der Waals surface area contributed by atoms with Gasteiger partial charge in [-0.3, -0.25) is 4.79 Å². The molecular weight excluding hydrogens is 178 g/mol. The van der Waals surface area contributed by atoms with Gasteiger partial charge >= 0.3 is 0 Å². The lowest BCUT2D eigenvalue weighted by Gasteiger charge is -1.93. The zero-order valence-electron chi connectivity index (χ0n) is 8.56. The Morgan fingerprint density at radius 3 is 2.79 bits per heavy atom. The van der Waals surface area contributed by atoms with Crippen molar-refractivity contribution in [2.75, 3.05) is 0 Å². The molecule has 0 aliphatic rings. The molecule has 0 spiro atoms. The molecule has 74 valence electrons. The minimum atomic E-state index is -0.0267. The third kappa shape index (κ3) is 1.79. The standard InChI is InChI=1S/C8H7N3O.C2H6/c1-6(12)7-5-9-8-3-2-4-10-11(7)8;1-2/h2-5H,1H3;1-2H3. The molecule has 2 aromatic rings. The monoisotopic (exact) mass is 191 g/mol. The Balaban J connectivity index is 0.000000461. The van der Waals surface area contributed by atoms with E-state index < -0.39 is 0 Å². The number of aromatic nitrogens is 3. The van der Waals surface area contributed by atoms with Crippen LogP contribution in [0.1, 0.15) is 31.3 Å². The minimum Gasteiger partial charge on any atom is -0.293 e. The summed E-state index contributed by atoms with van der Waals surface area (Å²) in [5.41, 5.74) is 1.22. The Labute approximate surface area is 82.6 Å². The fourth-order valence-electron chi connectivity index (χ4n) is 1.07. The van der Waals surface area contributed by atoms with Crippen LogP contribution < -0.4 is 0 Å². The van der Waals surface area contributed by atoms with Gasteiger partial charge in [-0.25, -0.2) is 9.50 Å². The average Bonchev–Trinajstić information content (AvgIpc) is 2.64. The van der Waals surface area contributed by atoms with Crippen LogP contribution in [0.3, 0.4) is 0 Å². The van der Waals surface area contributed by atoms with E-state index in [-0.39, 0.29) is 5.78 Å². The number of fused-ring (bicyclic) bond motifs is 1. The van der Waals surface area contributed by atoms with E-state index in [4.69, 9.17) is 0 Å². The number of rotatable bonds is 1. The number of imidazole rings is 1. The molecule has 0 radical (unpaired) electrons. The van der Waals surface area contributed by atoms with Gasteiger partial charge in [-0.1, -0.05) is 13.8 Å². The number of Topliss-reactive ketones (excluding diaryl/α,β-unsaturated/α-hetero) is 1. The number of hydrogen-bond acceptors (Lipinski definition) is 3. The Hall–Kier alpha value is -1.71. The van der Waals surface area contributed by atoms with Crippen LogP contribution in [0.2, 0.25) is 0 Å². The molecule has 4 nitrogen and oxygen atoms in total. The highest BCUT2D eigenvalue weighted by molar-refractivity contribution is 5.92. The van der Waals surface area contributed by atoms with Gasteiger partial charge in [0.05, 0.1) is 6.20 Å². The van der Waals surface area contributed by atoms with E-state index in [0.717, 1.165) is 0 Å². The second kappa shape index (κ2) is 4.50. The normalized spacial score (nSPS) is 9.36. The zero-order chi connectivity index (χ0) is 10.6. The van der Waals surface area contributed by atoms with Gasteiger partial charge in [0.25, 0.3) is 0 Å². The highest BCUT2D eigenvalue weighted by Crippen LogP contribution is 2.03. The predicted octanol–water partition coefficient (Wildman–Crippen LogP) is 1.96. The van der Waals surface area contributed by atoms with Gasteiger partial charge in [-0.15, -0.1) is 0 Å². The van der Waals surface area contributed by atoms with Crippen molar-refractivity contribution >= 4 is 11.4 Å². The second-order valence-electron chi connectivity index (χ2n) is 2.49. The lowest BCUT2D eigenvalue weighted by Crippen LogP contribution is -2.00. The van der Waals surface area contributed by atoms with Gasteiger partial charge in [0, 0.05) is 13.1 Å². The SMILES string of the molecule is CC.CC(=O)c1cnc2cccnn12. The summed E-state index contributed by atoms with van der Waals surface area (Å²) in [5.74, 6) is -0.0267. The molecule has 0 bridgehead atoms. The summed E-state index contributed by atoms with van der Waals surface area (Å²) in [6.45, 7) is 5.50. The summed E-state index contributed by atoms with van der Waals surface area (Å²) in [5, 5.41) is 4.00. The third-order valence-corrected chi connectivity index (χ3v) is 1.64. The molecule has 2 rings (SSSR count). The first-order valence-electron chi connectivity index (χ1n) is 4.59. The first kappa shape index (κ1) is 10.4. The van der Waals surface area contributed by atoms with E-state index in [1.54, 1.807) is 18.3 Å². The highest BCUT2D eigenvalue weighted by Gasteiger charge is 2.06. The first-order chi connectivity index (χ1) is 6.79. The van der Waals surface area contributed by atoms with E-state index in [1.165, 1.54) is 17.6 Å². The minimum absolute atomic E-state index is 0.0267. The van der Waals surface area contributed by atoms with Crippen LogP contribution in [0.5, 0.6) is 0 Å². The van der Waals surface area contributed by atoms with Crippen LogP contribution in [0.15, 0.2) is 24.5 Å². The molecule has 0 unspecified atom stereocenters. The van der Waals surface area contributed by atoms with Crippen LogP contribution in [0.4, 0.5) is 0 Å². The van der Waals surface area contributed by atoms with Crippen LogP contribution in [-0.4, -0.2) is 20.4 Å². The molecule has 0 aromatic carbocycles. The van der Waals surface area contributed by atoms with Gasteiger partial charge in [-0.05, 0) is 12.1 Å². The molecule has 0 aliphatic carbocycles. The van der Waals surface area contributed by atoms with Crippen molar-refractivity contribution in [3.8, 4) is 0 Å². The van der Waals surface area contributed by atoms with Gasteiger partial charge in [0.2, 0.25) is 0 Å². The molecule has 0 fully saturated rings. The molecule has 2 heterocycles. The lowest BCUT2D eigenvalue weighted by molar-refractivity contribution is 0.101. The number of hydrogen-bond donors (Lipinski definition) is 0. The maximum atomic E-state index is 11.0. The summed E-state index contributed by atoms with van der Waals surface area (Å²) in [7, 11) is 0. The van der Waals surface area contributed by atoms with Crippen molar-refractivity contribution in [1.29, 1.82) is 0 Å². The molecule has 0 aliphatic heterocycles. The smallest absolute Gasteiger partial charge is 0.179 e. The topological polar surface area (TPSA) is 47.3 Å². The van der Waals surface area contributed by atoms with Crippen LogP contribution >= 0.6 is 0 Å². The van der Waals surface area contributed by atoms with Crippen LogP contribution in [-0.2, 0) is 0 Å². The largest absolute Gasteiger partial charge is 0.293 e. The van der Waals surface area contributed by atoms with Gasteiger partial charge in [-0.2, -0.15) is 5.10 Å². The quantitative estimate of drug-likeness (QED) is 0.647. The summed E-state index contributed by atoms with van der Waals surface area (Å²) in [4.78, 5) is 15.0. The van der Waals surface area contributed by atoms with Crippen molar-refractivity contribution in [2.24, 2.45) is 0 Å². The molecule has 14 heavy (non-hydrogen) atoms. The molecule has 0 saturated heterocycles. The molecule has 0 saturated carbocycles. The Morgan fingerprint density at radius 1 is 1.43 bits per heavy atom. The molecule has 0 amide bonds. The second-order valence-corrected chi connectivity index (χ2v) is 2.49. The molecule has 0 N–H and O–H groups in total. The maximum Gasteiger partial charge on any atom is 0.179 e. The first-order valence-corrected chi connectivity index (χ1v) is 4.59. The van der Waals surface area contributed by atoms with Crippen LogP contribution in [0, 0.1) is 0 Å². The number of carbonyl (C=O) groups excluding carboxylic acids is 1. The Kier molecular flexibility index (Phi) is 3.34. The number of nitrogens with zero attached hydrogens (tertiary/aromatic N) is 3. The van der Waals surface area contributed by atoms with Gasteiger partial charge < -0.3 is 0 Å². The lowest BCUT2D eigenvalue weighted by atomic mass is 10.3. The summed E-state index contributed by atoms with van der Waals surface area (Å²) in [6.07, 6.45) is 3.16. The summed E-state index contributed by atoms with van der Waals surface area (Å²) in [6, 6.07) is 3.59. The Bertz CT molecular complexity index is 434. The number of ketones is 1. The molecular formula is C10H13N3O. The fourth-order valence-corrected chi connectivity index (χ4v) is 1.07. The van der Waals surface area contributed by atoms with E-state index in [2.05, 4.69) is 10.1 Å². The van der Waals surface area contributed by atoms with Crippen LogP contribution in [0.25, 0.3) is 5.65 Å². The Morgan fingerprint density at radius 2 is 2.14 bits per heavy atom. The third-order valence-electron chi connectivity index (χ3n) is 1.64. The average molecular weight is 191 g/mol. The van der Waals surface area contributed by atoms with Gasteiger partial charge in [0.1, 0.15) is 5.69 Å². The van der Waals surface area contributed by atoms with E-state index in [0.29, 0.717) is 11.3 Å². The molecule has 0 atom stereocenters. The predicted molar refractivity (Wildman–Crippen MR) is 54.3 cm³/mol. The summed E-state index contributed by atoms with van der Waals surface area (Å²) < 4.78 is 1.53. The van der Waals surface area contributed by atoms with Gasteiger partial charge in [0.15, 0.2) is 11.4 Å². The number of carbonyl (C=O) groups is 1. The summed E-state index contributed by atoms with van der Waals surface area (Å²) >= 11 is 0. The van der Waals surface area contributed by atoms with Crippen molar-refractivity contribution in [1.82, 2.24) is 14.6 Å². The highest BCUT2D eigenvalue weighted by atomic mass is 16.1. The van der Waals surface area contributed by atoms with Crippen molar-refractivity contribution in [3.63, 3.8) is 0 Å². The van der Waals surface area contributed by atoms with E-state index in [1.807, 2.05) is 13.8 Å². The zero-order valence-corrected chi connectivity index (χ0v) is 8.56.